The van der Waals surface area contributed by atoms with Gasteiger partial charge in [-0.25, -0.2) is 8.78 Å². The van der Waals surface area contributed by atoms with Gasteiger partial charge in [0.1, 0.15) is 24.7 Å². The van der Waals surface area contributed by atoms with Gasteiger partial charge < -0.3 is 9.47 Å². The fourth-order valence-corrected chi connectivity index (χ4v) is 3.81. The highest BCUT2D eigenvalue weighted by atomic mass is 19.1. The highest BCUT2D eigenvalue weighted by molar-refractivity contribution is 5.23. The van der Waals surface area contributed by atoms with E-state index in [1.165, 1.54) is 33.9 Å². The Bertz CT molecular complexity index is 894. The van der Waals surface area contributed by atoms with Gasteiger partial charge in [-0.1, -0.05) is 43.7 Å². The average molecular weight is 384 g/mol. The average Bonchev–Trinajstić information content (AvgIpc) is 3.00. The van der Waals surface area contributed by atoms with E-state index in [0.29, 0.717) is 18.0 Å². The van der Waals surface area contributed by atoms with Crippen LogP contribution in [-0.4, -0.2) is 11.1 Å². The lowest BCUT2D eigenvalue weighted by Gasteiger charge is -2.22. The standard InChI is InChI=1S/C24H28F2N2/c1-18(2)14-27(15-21-11-22(25)13-23(26)12-21)17-24-8-5-9-28(24)16-20-7-4-6-19(3)10-20/h4-13,18H,14-17H2,1-3H3/p+1. The summed E-state index contributed by atoms with van der Waals surface area (Å²) in [6.45, 7) is 9.64. The van der Waals surface area contributed by atoms with Gasteiger partial charge in [0.15, 0.2) is 0 Å². The lowest BCUT2D eigenvalue weighted by atomic mass is 10.1. The molecule has 0 amide bonds. The molecule has 0 saturated carbocycles. The van der Waals surface area contributed by atoms with Crippen molar-refractivity contribution >= 4 is 0 Å². The highest BCUT2D eigenvalue weighted by Gasteiger charge is 2.16. The summed E-state index contributed by atoms with van der Waals surface area (Å²) >= 11 is 0. The number of nitrogens with one attached hydrogen (secondary N) is 1. The molecule has 1 N–H and O–H groups in total. The van der Waals surface area contributed by atoms with Crippen molar-refractivity contribution in [3.63, 3.8) is 0 Å². The van der Waals surface area contributed by atoms with Crippen LogP contribution in [-0.2, 0) is 19.6 Å². The van der Waals surface area contributed by atoms with E-state index in [1.54, 1.807) is 0 Å². The van der Waals surface area contributed by atoms with Gasteiger partial charge in [0.25, 0.3) is 0 Å². The molecule has 28 heavy (non-hydrogen) atoms. The summed E-state index contributed by atoms with van der Waals surface area (Å²) in [6.07, 6.45) is 2.10. The minimum Gasteiger partial charge on any atom is -0.342 e. The second kappa shape index (κ2) is 9.16. The monoisotopic (exact) mass is 383 g/mol. The van der Waals surface area contributed by atoms with E-state index in [1.807, 2.05) is 0 Å². The molecule has 3 rings (SSSR count). The van der Waals surface area contributed by atoms with Crippen LogP contribution < -0.4 is 4.90 Å². The normalized spacial score (nSPS) is 12.5. The van der Waals surface area contributed by atoms with E-state index >= 15 is 0 Å². The zero-order valence-electron chi connectivity index (χ0n) is 16.9. The van der Waals surface area contributed by atoms with Crippen LogP contribution in [0.3, 0.4) is 0 Å². The molecule has 0 aliphatic rings. The first-order valence-corrected chi connectivity index (χ1v) is 9.87. The first-order valence-electron chi connectivity index (χ1n) is 9.87. The van der Waals surface area contributed by atoms with Gasteiger partial charge in [0.2, 0.25) is 0 Å². The maximum absolute atomic E-state index is 13.6. The van der Waals surface area contributed by atoms with Gasteiger partial charge in [-0.15, -0.1) is 0 Å². The molecule has 1 aromatic heterocycles. The Morgan fingerprint density at radius 3 is 2.32 bits per heavy atom. The van der Waals surface area contributed by atoms with Crippen molar-refractivity contribution in [1.29, 1.82) is 0 Å². The molecule has 4 heteroatoms. The van der Waals surface area contributed by atoms with Crippen LogP contribution in [0, 0.1) is 24.5 Å². The van der Waals surface area contributed by atoms with Crippen molar-refractivity contribution in [2.75, 3.05) is 6.54 Å². The summed E-state index contributed by atoms with van der Waals surface area (Å²) in [6, 6.07) is 16.6. The minimum atomic E-state index is -0.512. The second-order valence-electron chi connectivity index (χ2n) is 8.10. The lowest BCUT2D eigenvalue weighted by molar-refractivity contribution is -0.930. The molecule has 2 aromatic carbocycles. The van der Waals surface area contributed by atoms with E-state index in [0.717, 1.165) is 25.7 Å². The Balaban J connectivity index is 1.77. The lowest BCUT2D eigenvalue weighted by Crippen LogP contribution is -3.10. The fourth-order valence-electron chi connectivity index (χ4n) is 3.81. The quantitative estimate of drug-likeness (QED) is 0.592. The van der Waals surface area contributed by atoms with Crippen LogP contribution in [0.1, 0.15) is 36.2 Å². The molecular formula is C24H29F2N2+. The predicted octanol–water partition coefficient (Wildman–Crippen LogP) is 4.36. The van der Waals surface area contributed by atoms with E-state index in [-0.39, 0.29) is 0 Å². The molecule has 0 aliphatic heterocycles. The highest BCUT2D eigenvalue weighted by Crippen LogP contribution is 2.10. The summed E-state index contributed by atoms with van der Waals surface area (Å²) in [5.41, 5.74) is 4.46. The Kier molecular flexibility index (Phi) is 6.63. The van der Waals surface area contributed by atoms with Crippen molar-refractivity contribution in [3.8, 4) is 0 Å². The first kappa shape index (κ1) is 20.3. The number of nitrogens with zero attached hydrogens (tertiary/aromatic N) is 1. The number of aromatic nitrogens is 1. The summed E-state index contributed by atoms with van der Waals surface area (Å²) in [5.74, 6) is -0.531. The molecule has 0 fully saturated rings. The molecule has 1 unspecified atom stereocenters. The number of rotatable bonds is 8. The maximum Gasteiger partial charge on any atom is 0.126 e. The summed E-state index contributed by atoms with van der Waals surface area (Å²) < 4.78 is 29.5. The topological polar surface area (TPSA) is 9.37 Å². The van der Waals surface area contributed by atoms with Gasteiger partial charge in [0, 0.05) is 30.3 Å². The molecule has 0 spiro atoms. The number of quaternary nitrogens is 1. The molecule has 1 heterocycles. The molecule has 148 valence electrons. The smallest absolute Gasteiger partial charge is 0.126 e. The van der Waals surface area contributed by atoms with Crippen LogP contribution in [0.5, 0.6) is 0 Å². The predicted molar refractivity (Wildman–Crippen MR) is 109 cm³/mol. The number of benzene rings is 2. The van der Waals surface area contributed by atoms with Crippen molar-refractivity contribution in [2.24, 2.45) is 5.92 Å². The third kappa shape index (κ3) is 5.77. The number of aryl methyl sites for hydroxylation is 1. The number of halogens is 2. The Hall–Kier alpha value is -2.46. The first-order chi connectivity index (χ1) is 13.4. The van der Waals surface area contributed by atoms with Crippen molar-refractivity contribution in [3.05, 3.63) is 94.8 Å². The number of hydrogen-bond acceptors (Lipinski definition) is 0. The zero-order chi connectivity index (χ0) is 20.1. The van der Waals surface area contributed by atoms with E-state index in [2.05, 4.69) is 67.9 Å². The van der Waals surface area contributed by atoms with Gasteiger partial charge in [-0.2, -0.15) is 0 Å². The largest absolute Gasteiger partial charge is 0.342 e. The van der Waals surface area contributed by atoms with Crippen LogP contribution in [0.25, 0.3) is 0 Å². The van der Waals surface area contributed by atoms with Crippen LogP contribution in [0.2, 0.25) is 0 Å². The molecule has 0 saturated heterocycles. The Labute approximate surface area is 166 Å². The summed E-state index contributed by atoms with van der Waals surface area (Å²) in [7, 11) is 0. The maximum atomic E-state index is 13.6. The van der Waals surface area contributed by atoms with E-state index < -0.39 is 11.6 Å². The molecule has 2 nitrogen and oxygen atoms in total. The second-order valence-corrected chi connectivity index (χ2v) is 8.10. The van der Waals surface area contributed by atoms with Gasteiger partial charge >= 0.3 is 0 Å². The van der Waals surface area contributed by atoms with Crippen molar-refractivity contribution in [2.45, 2.75) is 40.4 Å². The third-order valence-electron chi connectivity index (χ3n) is 4.86. The van der Waals surface area contributed by atoms with Crippen LogP contribution in [0.15, 0.2) is 60.8 Å². The SMILES string of the molecule is Cc1cccc(Cn2cccc2C[NH+](Cc2cc(F)cc(F)c2)CC(C)C)c1. The molecular weight excluding hydrogens is 354 g/mol. The van der Waals surface area contributed by atoms with Gasteiger partial charge in [-0.3, -0.25) is 0 Å². The summed E-state index contributed by atoms with van der Waals surface area (Å²) in [5, 5.41) is 0. The van der Waals surface area contributed by atoms with Gasteiger partial charge in [0.05, 0.1) is 12.2 Å². The summed E-state index contributed by atoms with van der Waals surface area (Å²) in [4.78, 5) is 1.30. The molecule has 0 bridgehead atoms. The van der Waals surface area contributed by atoms with Crippen LogP contribution >= 0.6 is 0 Å². The Morgan fingerprint density at radius 2 is 1.64 bits per heavy atom. The minimum absolute atomic E-state index is 0.494. The van der Waals surface area contributed by atoms with Gasteiger partial charge in [-0.05, 0) is 36.8 Å². The Morgan fingerprint density at radius 1 is 0.893 bits per heavy atom. The van der Waals surface area contributed by atoms with Crippen molar-refractivity contribution < 1.29 is 13.7 Å². The zero-order valence-corrected chi connectivity index (χ0v) is 16.9. The van der Waals surface area contributed by atoms with E-state index in [4.69, 9.17) is 0 Å². The molecule has 0 aliphatic carbocycles. The fraction of sp³-hybridized carbons (Fsp3) is 0.333. The van der Waals surface area contributed by atoms with E-state index in [9.17, 15) is 8.78 Å². The van der Waals surface area contributed by atoms with Crippen LogP contribution in [0.4, 0.5) is 8.78 Å². The molecule has 3 aromatic rings. The number of hydrogen-bond donors (Lipinski definition) is 1. The molecule has 0 radical (unpaired) electrons. The van der Waals surface area contributed by atoms with Crippen molar-refractivity contribution in [1.82, 2.24) is 4.57 Å². The molecule has 1 atom stereocenters. The third-order valence-corrected chi connectivity index (χ3v) is 4.86.